The van der Waals surface area contributed by atoms with Crippen LogP contribution in [-0.2, 0) is 256 Å². The third-order valence-corrected chi connectivity index (χ3v) is 4.42. The van der Waals surface area contributed by atoms with E-state index >= 15 is 0 Å². The van der Waals surface area contributed by atoms with Crippen LogP contribution < -0.4 is 5.32 Å². The summed E-state index contributed by atoms with van der Waals surface area (Å²) in [6.45, 7) is 7.22. The number of imide groups is 1. The first kappa shape index (κ1) is 74.3. The molecule has 1 heterocycles. The van der Waals surface area contributed by atoms with Gasteiger partial charge < -0.3 is 17.5 Å². The molecule has 0 spiro atoms. The van der Waals surface area contributed by atoms with E-state index < -0.39 is 17.9 Å². The fourth-order valence-corrected chi connectivity index (χ4v) is 3.07. The maximum absolute atomic E-state index is 12.6. The van der Waals surface area contributed by atoms with Crippen molar-refractivity contribution in [2.45, 2.75) is 39.2 Å². The maximum atomic E-state index is 12.6. The van der Waals surface area contributed by atoms with E-state index in [2.05, 4.69) is 12.1 Å². The smallest absolute Gasteiger partial charge is 0.545 e. The van der Waals surface area contributed by atoms with Crippen molar-refractivity contribution < 1.29 is 256 Å². The second-order valence-corrected chi connectivity index (χ2v) is 6.51. The van der Waals surface area contributed by atoms with Gasteiger partial charge in [-0.2, -0.15) is 17.5 Å². The average molecular weight is 2410 g/mol. The summed E-state index contributed by atoms with van der Waals surface area (Å²) in [4.78, 5) is 57.0. The number of ketones is 2. The predicted octanol–water partition coefficient (Wildman–Crippen LogP) is 2.15. The molecular formula is C21H23N2O5W11-. The minimum absolute atomic E-state index is 0. The Kier molecular flexibility index (Phi) is 73.4. The Morgan fingerprint density at radius 2 is 1.36 bits per heavy atom. The van der Waals surface area contributed by atoms with Gasteiger partial charge in [0.05, 0.1) is 12.5 Å². The number of nitrogens with one attached hydrogen (secondary N) is 1. The molecule has 7 nitrogen and oxygen atoms in total. The van der Waals surface area contributed by atoms with Crippen molar-refractivity contribution in [1.82, 2.24) is 4.90 Å². The van der Waals surface area contributed by atoms with Gasteiger partial charge in [-0.15, -0.1) is 12.1 Å². The van der Waals surface area contributed by atoms with Gasteiger partial charge in [-0.3, -0.25) is 30.9 Å². The van der Waals surface area contributed by atoms with Crippen LogP contribution >= 0.6 is 0 Å². The minimum Gasteiger partial charge on any atom is -0.545 e. The van der Waals surface area contributed by atoms with Crippen LogP contribution in [0, 0.1) is 13.3 Å². The Labute approximate surface area is 389 Å². The van der Waals surface area contributed by atoms with Crippen LogP contribution in [0.5, 0.6) is 0 Å². The number of Topliss-reactive ketones (excluding diaryl/α,β-unsaturated/α-hetero) is 2. The van der Waals surface area contributed by atoms with Crippen LogP contribution in [0.2, 0.25) is 0 Å². The van der Waals surface area contributed by atoms with Crippen molar-refractivity contribution >= 4 is 35.9 Å². The molecule has 1 unspecified atom stereocenters. The number of rotatable bonds is 4. The van der Waals surface area contributed by atoms with Crippen molar-refractivity contribution in [3.8, 4) is 0 Å². The van der Waals surface area contributed by atoms with E-state index in [1.54, 1.807) is 6.07 Å². The molecule has 3 rings (SSSR count). The van der Waals surface area contributed by atoms with Crippen molar-refractivity contribution in [3.63, 3.8) is 0 Å². The summed E-state index contributed by atoms with van der Waals surface area (Å²) in [7, 11) is 0. The standard InChI is InChI=1S/C19H19N2O4.CHO.CH3.11W/c1-11(2)12-4-3-5-13(8-12)20-15-10-18(24)21(19(15)25)16-7-6-14(22)9-17(16)23;1-2;;;;;;;;;;;;/h3-5,8,10,16,20H,6-7,9H2,1-2H3;1H;1H3;;;;;;;;;;;/q3*-1;;;;;;;;;;;+2. The Hall–Kier alpha value is 4.35. The Morgan fingerprint density at radius 3 is 1.79 bits per heavy atom. The molecule has 1 saturated carbocycles. The van der Waals surface area contributed by atoms with Gasteiger partial charge in [0, 0.05) is 223 Å². The van der Waals surface area contributed by atoms with E-state index in [0.717, 1.165) is 16.4 Å². The van der Waals surface area contributed by atoms with Gasteiger partial charge in [0.15, 0.2) is 5.78 Å². The molecule has 39 heavy (non-hydrogen) atoms. The number of benzene rings is 1. The molecule has 1 aliphatic carbocycles. The zero-order valence-corrected chi connectivity index (χ0v) is 52.9. The Bertz CT molecular complexity index is 846. The summed E-state index contributed by atoms with van der Waals surface area (Å²) >= 11 is 0. The van der Waals surface area contributed by atoms with Gasteiger partial charge in [-0.1, -0.05) is 19.9 Å². The summed E-state index contributed by atoms with van der Waals surface area (Å²) in [6.07, 6.45) is 1.42. The third kappa shape index (κ3) is 22.5. The quantitative estimate of drug-likeness (QED) is 0.215. The SMILES string of the molecule is C[C-](C)c1cccc(NC2=CC(=O)N(C3CCC(=O)CC3=O)C2=O)c1.[CH-]=O.[CH3-].[W+2].[W].[W].[W].[W].[W].[W].[W].[W].[W].[W]. The molecule has 1 atom stereocenters. The van der Waals surface area contributed by atoms with E-state index in [0.29, 0.717) is 5.69 Å². The first-order valence-corrected chi connectivity index (χ1v) is 8.41. The average Bonchev–Trinajstić information content (AvgIpc) is 2.91. The van der Waals surface area contributed by atoms with Crippen molar-refractivity contribution in [1.29, 1.82) is 0 Å². The summed E-state index contributed by atoms with van der Waals surface area (Å²) in [5.41, 5.74) is 1.86. The number of hydrogen-bond acceptors (Lipinski definition) is 6. The topological polar surface area (TPSA) is 101 Å². The molecule has 1 aromatic carbocycles. The molecule has 1 aliphatic heterocycles. The van der Waals surface area contributed by atoms with E-state index in [-0.39, 0.29) is 276 Å². The minimum atomic E-state index is -0.842. The second-order valence-electron chi connectivity index (χ2n) is 6.51. The van der Waals surface area contributed by atoms with Gasteiger partial charge in [0.2, 0.25) is 0 Å². The number of hydrogen-bond donors (Lipinski definition) is 1. The molecule has 0 saturated heterocycles. The summed E-state index contributed by atoms with van der Waals surface area (Å²) < 4.78 is 0. The Morgan fingerprint density at radius 1 is 0.872 bits per heavy atom. The van der Waals surface area contributed by atoms with Crippen LogP contribution in [0.3, 0.4) is 0 Å². The van der Waals surface area contributed by atoms with Gasteiger partial charge in [-0.05, 0) is 12.1 Å². The molecule has 214 valence electrons. The second kappa shape index (κ2) is 38.5. The van der Waals surface area contributed by atoms with Gasteiger partial charge in [0.1, 0.15) is 11.5 Å². The number of anilines is 1. The number of carbonyl (C=O) groups is 4. The summed E-state index contributed by atoms with van der Waals surface area (Å²) in [5, 5.41) is 2.97. The third-order valence-electron chi connectivity index (χ3n) is 4.42. The zero-order valence-electron chi connectivity index (χ0n) is 20.6. The monoisotopic (exact) mass is 2410 g/mol. The van der Waals surface area contributed by atoms with Gasteiger partial charge in [0.25, 0.3) is 11.8 Å². The molecule has 2 amide bonds. The first-order chi connectivity index (χ1) is 12.9. The molecular weight excluding hydrogens is 2380 g/mol. The molecule has 1 fully saturated rings. The van der Waals surface area contributed by atoms with Gasteiger partial charge in [-0.25, -0.2) is 0 Å². The largest absolute Gasteiger partial charge is 2.00 e. The number of amides is 2. The van der Waals surface area contributed by atoms with E-state index in [4.69, 9.17) is 4.79 Å². The van der Waals surface area contributed by atoms with E-state index in [9.17, 15) is 19.2 Å². The van der Waals surface area contributed by atoms with Crippen LogP contribution in [0.15, 0.2) is 36.0 Å². The normalized spacial score (nSPS) is 13.4. The molecule has 0 aromatic heterocycles. The van der Waals surface area contributed by atoms with Crippen molar-refractivity contribution in [3.05, 3.63) is 54.9 Å². The fourth-order valence-electron chi connectivity index (χ4n) is 3.07. The van der Waals surface area contributed by atoms with Crippen LogP contribution in [0.25, 0.3) is 0 Å². The molecule has 2 aliphatic rings. The van der Waals surface area contributed by atoms with Crippen molar-refractivity contribution in [2.75, 3.05) is 5.32 Å². The van der Waals surface area contributed by atoms with Crippen LogP contribution in [-0.4, -0.2) is 41.1 Å². The van der Waals surface area contributed by atoms with Crippen LogP contribution in [0.1, 0.15) is 38.7 Å². The van der Waals surface area contributed by atoms with Crippen molar-refractivity contribution in [2.24, 2.45) is 0 Å². The summed E-state index contributed by atoms with van der Waals surface area (Å²) in [6, 6.07) is 6.67. The van der Waals surface area contributed by atoms with Crippen LogP contribution in [0.4, 0.5) is 5.69 Å². The first-order valence-electron chi connectivity index (χ1n) is 8.41. The molecule has 0 radical (unpaired) electrons. The maximum Gasteiger partial charge on any atom is 2.00 e. The van der Waals surface area contributed by atoms with Gasteiger partial charge >= 0.3 is 21.1 Å². The van der Waals surface area contributed by atoms with E-state index in [1.165, 1.54) is 6.08 Å². The fraction of sp³-hybridized carbons (Fsp3) is 0.286. The van der Waals surface area contributed by atoms with E-state index in [1.807, 2.05) is 32.0 Å². The number of carbonyl (C=O) groups excluding carboxylic acids is 5. The predicted molar refractivity (Wildman–Crippen MR) is 105 cm³/mol. The summed E-state index contributed by atoms with van der Waals surface area (Å²) in [5.74, 6) is -0.430. The Balaban J connectivity index is -0.0000000608. The molecule has 0 bridgehead atoms. The number of nitrogens with zero attached hydrogens (tertiary/aromatic N) is 1. The molecule has 18 heteroatoms. The zero-order chi connectivity index (χ0) is 20.1. The molecule has 1 aromatic rings. The molecule has 1 N–H and O–H groups in total.